The molecular weight excluding hydrogens is 418 g/mol. The molecule has 1 aliphatic carbocycles. The van der Waals surface area contributed by atoms with Gasteiger partial charge in [0.15, 0.2) is 5.65 Å². The van der Waals surface area contributed by atoms with E-state index in [1.807, 2.05) is 40.8 Å². The number of benzene rings is 1. The van der Waals surface area contributed by atoms with E-state index in [9.17, 15) is 4.79 Å². The number of hydrogen-bond acceptors (Lipinski definition) is 7. The SMILES string of the molecule is COc1cc(-c2nn(C3CN(C(=O)/C=C/CN(C)C4CC4)C3)c3ncnc(N)c23)ccc1C. The predicted molar refractivity (Wildman–Crippen MR) is 127 cm³/mol. The lowest BCUT2D eigenvalue weighted by Crippen LogP contribution is -2.50. The van der Waals surface area contributed by atoms with Gasteiger partial charge in [0.05, 0.1) is 18.5 Å². The Labute approximate surface area is 192 Å². The van der Waals surface area contributed by atoms with Gasteiger partial charge in [-0.2, -0.15) is 5.10 Å². The zero-order chi connectivity index (χ0) is 23.1. The highest BCUT2D eigenvalue weighted by atomic mass is 16.5. The fourth-order valence-electron chi connectivity index (χ4n) is 4.30. The molecule has 5 rings (SSSR count). The fraction of sp³-hybridized carbons (Fsp3) is 0.417. The van der Waals surface area contributed by atoms with Crippen molar-refractivity contribution in [2.75, 3.05) is 39.5 Å². The highest BCUT2D eigenvalue weighted by Crippen LogP contribution is 2.35. The summed E-state index contributed by atoms with van der Waals surface area (Å²) in [6, 6.07) is 6.66. The Bertz CT molecular complexity index is 1230. The second-order valence-corrected chi connectivity index (χ2v) is 8.91. The van der Waals surface area contributed by atoms with Gasteiger partial charge in [0.1, 0.15) is 23.6 Å². The van der Waals surface area contributed by atoms with Gasteiger partial charge in [-0.25, -0.2) is 14.6 Å². The molecule has 33 heavy (non-hydrogen) atoms. The molecular formula is C24H29N7O2. The number of aromatic nitrogens is 4. The minimum Gasteiger partial charge on any atom is -0.496 e. The van der Waals surface area contributed by atoms with E-state index in [1.165, 1.54) is 19.2 Å². The lowest BCUT2D eigenvalue weighted by atomic mass is 10.1. The minimum atomic E-state index is 0.0320. The molecule has 1 amide bonds. The molecule has 172 valence electrons. The van der Waals surface area contributed by atoms with Gasteiger partial charge in [-0.3, -0.25) is 9.69 Å². The molecule has 9 heteroatoms. The van der Waals surface area contributed by atoms with Crippen LogP contribution in [0, 0.1) is 6.92 Å². The third-order valence-corrected chi connectivity index (χ3v) is 6.54. The second-order valence-electron chi connectivity index (χ2n) is 8.91. The third-order valence-electron chi connectivity index (χ3n) is 6.54. The number of likely N-dealkylation sites (tertiary alicyclic amines) is 1. The van der Waals surface area contributed by atoms with Gasteiger partial charge in [-0.15, -0.1) is 0 Å². The third kappa shape index (κ3) is 4.04. The van der Waals surface area contributed by atoms with Crippen LogP contribution in [0.25, 0.3) is 22.3 Å². The Morgan fingerprint density at radius 2 is 2.09 bits per heavy atom. The average molecular weight is 448 g/mol. The zero-order valence-corrected chi connectivity index (χ0v) is 19.2. The molecule has 0 radical (unpaired) electrons. The van der Waals surface area contributed by atoms with Crippen LogP contribution in [0.3, 0.4) is 0 Å². The molecule has 0 spiro atoms. The normalized spacial score (nSPS) is 16.7. The van der Waals surface area contributed by atoms with E-state index in [4.69, 9.17) is 15.6 Å². The van der Waals surface area contributed by atoms with E-state index < -0.39 is 0 Å². The largest absolute Gasteiger partial charge is 0.496 e. The quantitative estimate of drug-likeness (QED) is 0.555. The second kappa shape index (κ2) is 8.47. The van der Waals surface area contributed by atoms with Crippen LogP contribution < -0.4 is 10.5 Å². The number of anilines is 1. The number of nitrogens with zero attached hydrogens (tertiary/aromatic N) is 6. The van der Waals surface area contributed by atoms with Crippen molar-refractivity contribution in [2.45, 2.75) is 31.8 Å². The highest BCUT2D eigenvalue weighted by Gasteiger charge is 2.34. The molecule has 2 N–H and O–H groups in total. The topological polar surface area (TPSA) is 102 Å². The Hall–Kier alpha value is -3.46. The Balaban J connectivity index is 1.36. The summed E-state index contributed by atoms with van der Waals surface area (Å²) >= 11 is 0. The number of carbonyl (C=O) groups is 1. The van der Waals surface area contributed by atoms with Crippen molar-refractivity contribution in [1.82, 2.24) is 29.5 Å². The van der Waals surface area contributed by atoms with Crippen LogP contribution in [0.1, 0.15) is 24.4 Å². The monoisotopic (exact) mass is 447 g/mol. The van der Waals surface area contributed by atoms with Gasteiger partial charge in [-0.1, -0.05) is 18.2 Å². The van der Waals surface area contributed by atoms with Crippen molar-refractivity contribution in [1.29, 1.82) is 0 Å². The number of ether oxygens (including phenoxy) is 1. The molecule has 1 saturated carbocycles. The van der Waals surface area contributed by atoms with E-state index in [-0.39, 0.29) is 11.9 Å². The molecule has 0 bridgehead atoms. The van der Waals surface area contributed by atoms with Gasteiger partial charge in [0, 0.05) is 37.3 Å². The van der Waals surface area contributed by atoms with Gasteiger partial charge in [-0.05, 0) is 38.4 Å². The predicted octanol–water partition coefficient (Wildman–Crippen LogP) is 2.43. The summed E-state index contributed by atoms with van der Waals surface area (Å²) in [7, 11) is 3.75. The minimum absolute atomic E-state index is 0.0320. The van der Waals surface area contributed by atoms with E-state index in [1.54, 1.807) is 13.2 Å². The average Bonchev–Trinajstić information content (AvgIpc) is 3.55. The molecule has 1 aliphatic heterocycles. The molecule has 1 aromatic carbocycles. The fourth-order valence-corrected chi connectivity index (χ4v) is 4.30. The van der Waals surface area contributed by atoms with Crippen LogP contribution in [0.15, 0.2) is 36.7 Å². The molecule has 1 saturated heterocycles. The molecule has 0 atom stereocenters. The number of aryl methyl sites for hydroxylation is 1. The van der Waals surface area contributed by atoms with Crippen molar-refractivity contribution >= 4 is 22.8 Å². The number of methoxy groups -OCH3 is 1. The maximum atomic E-state index is 12.5. The summed E-state index contributed by atoms with van der Waals surface area (Å²) in [5.74, 6) is 1.20. The first-order valence-electron chi connectivity index (χ1n) is 11.3. The summed E-state index contributed by atoms with van der Waals surface area (Å²) < 4.78 is 7.37. The summed E-state index contributed by atoms with van der Waals surface area (Å²) in [5.41, 5.74) is 9.56. The number of carbonyl (C=O) groups excluding carboxylic acids is 1. The lowest BCUT2D eigenvalue weighted by Gasteiger charge is -2.38. The number of likely N-dealkylation sites (N-methyl/N-ethyl adjacent to an activating group) is 1. The van der Waals surface area contributed by atoms with E-state index in [0.29, 0.717) is 36.3 Å². The first kappa shape index (κ1) is 21.4. The van der Waals surface area contributed by atoms with Crippen LogP contribution >= 0.6 is 0 Å². The standard InChI is InChI=1S/C24H29N7O2/c1-15-6-7-16(11-19(15)33-3)22-21-23(25)26-14-27-24(21)31(28-22)18-12-30(13-18)20(32)5-4-10-29(2)17-8-9-17/h4-7,11,14,17-18H,8-10,12-13H2,1-3H3,(H2,25,26,27)/b5-4+. The molecule has 3 heterocycles. The summed E-state index contributed by atoms with van der Waals surface area (Å²) in [6.07, 6.45) is 7.61. The first-order valence-corrected chi connectivity index (χ1v) is 11.3. The van der Waals surface area contributed by atoms with Crippen LogP contribution in [0.2, 0.25) is 0 Å². The van der Waals surface area contributed by atoms with Crippen LogP contribution in [0.4, 0.5) is 5.82 Å². The maximum absolute atomic E-state index is 12.5. The van der Waals surface area contributed by atoms with Crippen LogP contribution in [-0.4, -0.2) is 75.3 Å². The summed E-state index contributed by atoms with van der Waals surface area (Å²) in [6.45, 7) is 3.96. The molecule has 0 unspecified atom stereocenters. The summed E-state index contributed by atoms with van der Waals surface area (Å²) in [4.78, 5) is 25.3. The Morgan fingerprint density at radius 3 is 2.82 bits per heavy atom. The van der Waals surface area contributed by atoms with Crippen LogP contribution in [0.5, 0.6) is 5.75 Å². The van der Waals surface area contributed by atoms with Crippen LogP contribution in [-0.2, 0) is 4.79 Å². The van der Waals surface area contributed by atoms with Crippen molar-refractivity contribution < 1.29 is 9.53 Å². The first-order chi connectivity index (χ1) is 16.0. The van der Waals surface area contributed by atoms with E-state index in [2.05, 4.69) is 21.9 Å². The number of rotatable bonds is 7. The number of fused-ring (bicyclic) bond motifs is 1. The van der Waals surface area contributed by atoms with Crippen molar-refractivity contribution in [3.63, 3.8) is 0 Å². The van der Waals surface area contributed by atoms with Gasteiger partial charge in [0.2, 0.25) is 5.91 Å². The Morgan fingerprint density at radius 1 is 1.30 bits per heavy atom. The molecule has 2 aliphatic rings. The highest BCUT2D eigenvalue weighted by molar-refractivity contribution is 5.98. The number of nitrogen functional groups attached to an aromatic ring is 1. The zero-order valence-electron chi connectivity index (χ0n) is 19.2. The van der Waals surface area contributed by atoms with Crippen molar-refractivity contribution in [3.8, 4) is 17.0 Å². The molecule has 2 aromatic heterocycles. The van der Waals surface area contributed by atoms with Gasteiger partial charge in [0.25, 0.3) is 0 Å². The van der Waals surface area contributed by atoms with Crippen molar-refractivity contribution in [2.24, 2.45) is 0 Å². The lowest BCUT2D eigenvalue weighted by molar-refractivity contribution is -0.131. The molecule has 9 nitrogen and oxygen atoms in total. The van der Waals surface area contributed by atoms with Gasteiger partial charge < -0.3 is 15.4 Å². The Kier molecular flexibility index (Phi) is 5.49. The smallest absolute Gasteiger partial charge is 0.246 e. The van der Waals surface area contributed by atoms with Crippen molar-refractivity contribution in [3.05, 3.63) is 42.2 Å². The number of amides is 1. The summed E-state index contributed by atoms with van der Waals surface area (Å²) in [5, 5.41) is 5.59. The number of nitrogens with two attached hydrogens (primary N) is 1. The van der Waals surface area contributed by atoms with Gasteiger partial charge >= 0.3 is 0 Å². The molecule has 3 aromatic rings. The van der Waals surface area contributed by atoms with E-state index in [0.717, 1.165) is 28.8 Å². The molecule has 2 fully saturated rings. The maximum Gasteiger partial charge on any atom is 0.246 e. The van der Waals surface area contributed by atoms with E-state index >= 15 is 0 Å². The number of hydrogen-bond donors (Lipinski definition) is 1.